The lowest BCUT2D eigenvalue weighted by atomic mass is 9.93. The van der Waals surface area contributed by atoms with Crippen molar-refractivity contribution in [2.24, 2.45) is 0 Å². The highest BCUT2D eigenvalue weighted by Crippen LogP contribution is 2.36. The van der Waals surface area contributed by atoms with Crippen molar-refractivity contribution in [3.63, 3.8) is 0 Å². The van der Waals surface area contributed by atoms with Gasteiger partial charge in [0.25, 0.3) is 0 Å². The van der Waals surface area contributed by atoms with Crippen LogP contribution in [0.15, 0.2) is 48.7 Å². The number of ketones is 1. The monoisotopic (exact) mass is 235 g/mol. The molecule has 0 unspecified atom stereocenters. The topological polar surface area (TPSA) is 29.1 Å². The van der Waals surface area contributed by atoms with Crippen LogP contribution in [0.25, 0.3) is 17.2 Å². The van der Waals surface area contributed by atoms with Crippen LogP contribution in [0, 0.1) is 0 Å². The van der Waals surface area contributed by atoms with Crippen molar-refractivity contribution in [3.05, 3.63) is 59.8 Å². The van der Waals surface area contributed by atoms with Crippen LogP contribution >= 0.6 is 0 Å². The molecule has 88 valence electrons. The maximum atomic E-state index is 11.8. The van der Waals surface area contributed by atoms with E-state index >= 15 is 0 Å². The molecule has 1 heterocycles. The van der Waals surface area contributed by atoms with Gasteiger partial charge in [0.1, 0.15) is 0 Å². The highest BCUT2D eigenvalue weighted by molar-refractivity contribution is 6.05. The number of carbonyl (C=O) groups excluding carboxylic acids is 1. The van der Waals surface area contributed by atoms with E-state index in [0.717, 1.165) is 27.9 Å². The van der Waals surface area contributed by atoms with E-state index in [1.165, 1.54) is 0 Å². The minimum Gasteiger partial charge on any atom is -0.361 e. The maximum Gasteiger partial charge on any atom is 0.160 e. The quantitative estimate of drug-likeness (QED) is 0.758. The fraction of sp³-hybridized carbons (Fsp3) is 0.0625. The van der Waals surface area contributed by atoms with Crippen molar-refractivity contribution in [2.45, 2.75) is 6.92 Å². The molecule has 0 saturated carbocycles. The first-order valence-corrected chi connectivity index (χ1v) is 5.94. The zero-order chi connectivity index (χ0) is 12.5. The van der Waals surface area contributed by atoms with Gasteiger partial charge in [-0.25, -0.2) is 0 Å². The number of anilines is 1. The lowest BCUT2D eigenvalue weighted by Gasteiger charge is -2.13. The van der Waals surface area contributed by atoms with Crippen molar-refractivity contribution in [1.82, 2.24) is 0 Å². The predicted octanol–water partition coefficient (Wildman–Crippen LogP) is 3.95. The first-order chi connectivity index (χ1) is 8.77. The van der Waals surface area contributed by atoms with E-state index in [-0.39, 0.29) is 5.78 Å². The Morgan fingerprint density at radius 2 is 1.89 bits per heavy atom. The second-order valence-electron chi connectivity index (χ2n) is 4.35. The van der Waals surface area contributed by atoms with Crippen molar-refractivity contribution in [3.8, 4) is 11.1 Å². The highest BCUT2D eigenvalue weighted by Gasteiger charge is 2.16. The Hall–Kier alpha value is -2.35. The van der Waals surface area contributed by atoms with E-state index in [2.05, 4.69) is 17.4 Å². The van der Waals surface area contributed by atoms with Gasteiger partial charge in [0.05, 0.1) is 0 Å². The summed E-state index contributed by atoms with van der Waals surface area (Å²) in [5.41, 5.74) is 4.95. The van der Waals surface area contributed by atoms with Crippen molar-refractivity contribution in [1.29, 1.82) is 0 Å². The molecule has 1 aliphatic rings. The number of rotatable bonds is 1. The predicted molar refractivity (Wildman–Crippen MR) is 74.5 cm³/mol. The molecule has 1 aliphatic heterocycles. The molecule has 0 bridgehead atoms. The van der Waals surface area contributed by atoms with E-state index in [1.807, 2.05) is 42.6 Å². The third-order valence-electron chi connectivity index (χ3n) is 3.18. The largest absolute Gasteiger partial charge is 0.361 e. The number of fused-ring (bicyclic) bond motifs is 3. The van der Waals surface area contributed by atoms with E-state index in [9.17, 15) is 4.79 Å². The molecule has 0 radical (unpaired) electrons. The summed E-state index contributed by atoms with van der Waals surface area (Å²) in [6.45, 7) is 1.61. The first-order valence-electron chi connectivity index (χ1n) is 5.94. The highest BCUT2D eigenvalue weighted by atomic mass is 16.1. The third-order valence-corrected chi connectivity index (χ3v) is 3.18. The lowest BCUT2D eigenvalue weighted by molar-refractivity contribution is 0.101. The van der Waals surface area contributed by atoms with Gasteiger partial charge in [-0.15, -0.1) is 0 Å². The van der Waals surface area contributed by atoms with Gasteiger partial charge in [0, 0.05) is 23.0 Å². The molecule has 0 fully saturated rings. The Morgan fingerprint density at radius 1 is 1.06 bits per heavy atom. The lowest BCUT2D eigenvalue weighted by Crippen LogP contribution is -1.99. The number of Topliss-reactive ketones (excluding diaryl/α,β-unsaturated/α-hetero) is 1. The molecule has 0 saturated heterocycles. The molecule has 1 N–H and O–H groups in total. The standard InChI is InChI=1S/C16H13NO/c1-11(18)13-7-4-8-15-16(13)14-6-3-2-5-12(14)9-10-17-15/h2-10,17H,1H3. The van der Waals surface area contributed by atoms with Gasteiger partial charge in [0.15, 0.2) is 5.78 Å². The van der Waals surface area contributed by atoms with Gasteiger partial charge in [-0.3, -0.25) is 4.79 Å². The maximum absolute atomic E-state index is 11.8. The molecule has 0 amide bonds. The number of hydrogen-bond acceptors (Lipinski definition) is 2. The van der Waals surface area contributed by atoms with Crippen molar-refractivity contribution >= 4 is 17.5 Å². The summed E-state index contributed by atoms with van der Waals surface area (Å²) >= 11 is 0. The van der Waals surface area contributed by atoms with Crippen LogP contribution in [0.3, 0.4) is 0 Å². The second kappa shape index (κ2) is 4.15. The van der Waals surface area contributed by atoms with Crippen LogP contribution in [0.5, 0.6) is 0 Å². The van der Waals surface area contributed by atoms with Crippen LogP contribution in [0.2, 0.25) is 0 Å². The summed E-state index contributed by atoms with van der Waals surface area (Å²) in [5, 5.41) is 3.23. The summed E-state index contributed by atoms with van der Waals surface area (Å²) < 4.78 is 0. The number of benzene rings is 2. The SMILES string of the molecule is CC(=O)c1cccc2c1-c1ccccc1C=CN2. The van der Waals surface area contributed by atoms with Crippen LogP contribution in [-0.4, -0.2) is 5.78 Å². The van der Waals surface area contributed by atoms with Crippen LogP contribution < -0.4 is 5.32 Å². The Labute approximate surface area is 106 Å². The normalized spacial score (nSPS) is 12.1. The Balaban J connectivity index is 2.37. The smallest absolute Gasteiger partial charge is 0.160 e. The summed E-state index contributed by atoms with van der Waals surface area (Å²) in [6.07, 6.45) is 3.94. The zero-order valence-electron chi connectivity index (χ0n) is 10.1. The number of carbonyl (C=O) groups is 1. The molecular formula is C16H13NO. The average Bonchev–Trinajstić information content (AvgIpc) is 2.57. The van der Waals surface area contributed by atoms with Crippen LogP contribution in [-0.2, 0) is 0 Å². The molecule has 0 atom stereocenters. The second-order valence-corrected chi connectivity index (χ2v) is 4.35. The minimum absolute atomic E-state index is 0.0883. The van der Waals surface area contributed by atoms with Gasteiger partial charge < -0.3 is 5.32 Å². The van der Waals surface area contributed by atoms with Crippen LogP contribution in [0.1, 0.15) is 22.8 Å². The van der Waals surface area contributed by atoms with E-state index in [1.54, 1.807) is 6.92 Å². The summed E-state index contributed by atoms with van der Waals surface area (Å²) in [4.78, 5) is 11.8. The molecule has 0 spiro atoms. The summed E-state index contributed by atoms with van der Waals surface area (Å²) in [5.74, 6) is 0.0883. The Morgan fingerprint density at radius 3 is 2.72 bits per heavy atom. The molecule has 0 aromatic heterocycles. The fourth-order valence-corrected chi connectivity index (χ4v) is 2.35. The molecular weight excluding hydrogens is 222 g/mol. The van der Waals surface area contributed by atoms with Crippen LogP contribution in [0.4, 0.5) is 5.69 Å². The molecule has 2 aromatic rings. The van der Waals surface area contributed by atoms with Crippen molar-refractivity contribution < 1.29 is 4.79 Å². The summed E-state index contributed by atoms with van der Waals surface area (Å²) in [7, 11) is 0. The van der Waals surface area contributed by atoms with E-state index in [4.69, 9.17) is 0 Å². The molecule has 2 nitrogen and oxygen atoms in total. The molecule has 3 rings (SSSR count). The number of nitrogens with one attached hydrogen (secondary N) is 1. The Kier molecular flexibility index (Phi) is 2.49. The van der Waals surface area contributed by atoms with Gasteiger partial charge in [-0.05, 0) is 30.2 Å². The van der Waals surface area contributed by atoms with Gasteiger partial charge >= 0.3 is 0 Å². The summed E-state index contributed by atoms with van der Waals surface area (Å²) in [6, 6.07) is 13.9. The van der Waals surface area contributed by atoms with Gasteiger partial charge in [0.2, 0.25) is 0 Å². The molecule has 2 aromatic carbocycles. The fourth-order valence-electron chi connectivity index (χ4n) is 2.35. The third kappa shape index (κ3) is 1.63. The van der Waals surface area contributed by atoms with Gasteiger partial charge in [-0.2, -0.15) is 0 Å². The van der Waals surface area contributed by atoms with E-state index < -0.39 is 0 Å². The Bertz CT molecular complexity index is 656. The molecule has 18 heavy (non-hydrogen) atoms. The average molecular weight is 235 g/mol. The number of hydrogen-bond donors (Lipinski definition) is 1. The minimum atomic E-state index is 0.0883. The van der Waals surface area contributed by atoms with Gasteiger partial charge in [-0.1, -0.05) is 36.4 Å². The zero-order valence-corrected chi connectivity index (χ0v) is 10.1. The molecule has 2 heteroatoms. The first kappa shape index (κ1) is 10.8. The van der Waals surface area contributed by atoms with E-state index in [0.29, 0.717) is 0 Å². The van der Waals surface area contributed by atoms with Crippen molar-refractivity contribution in [2.75, 3.05) is 5.32 Å². The molecule has 0 aliphatic carbocycles.